The van der Waals surface area contributed by atoms with E-state index < -0.39 is 0 Å². The zero-order chi connectivity index (χ0) is 12.1. The Morgan fingerprint density at radius 1 is 1.41 bits per heavy atom. The normalized spacial score (nSPS) is 18.5. The predicted molar refractivity (Wildman–Crippen MR) is 74.4 cm³/mol. The average molecular weight is 250 g/mol. The molecule has 1 atom stereocenters. The molecule has 3 heteroatoms. The maximum atomic E-state index is 4.58. The van der Waals surface area contributed by atoms with Crippen molar-refractivity contribution in [2.75, 3.05) is 7.05 Å². The summed E-state index contributed by atoms with van der Waals surface area (Å²) >= 11 is 2.00. The number of pyridine rings is 1. The Morgan fingerprint density at radius 3 is 2.71 bits per heavy atom. The molecule has 0 spiro atoms. The maximum absolute atomic E-state index is 4.58. The quantitative estimate of drug-likeness (QED) is 0.860. The Hall–Kier alpha value is -0.540. The largest absolute Gasteiger partial charge is 0.312 e. The topological polar surface area (TPSA) is 24.9 Å². The summed E-state index contributed by atoms with van der Waals surface area (Å²) in [7, 11) is 2.00. The second-order valence-corrected chi connectivity index (χ2v) is 6.07. The molecule has 0 aromatic carbocycles. The fourth-order valence-electron chi connectivity index (χ4n) is 2.43. The van der Waals surface area contributed by atoms with Crippen molar-refractivity contribution in [3.63, 3.8) is 0 Å². The zero-order valence-electron chi connectivity index (χ0n) is 10.8. The molecule has 17 heavy (non-hydrogen) atoms. The maximum Gasteiger partial charge on any atom is 0.0573 e. The van der Waals surface area contributed by atoms with Crippen molar-refractivity contribution in [2.24, 2.45) is 0 Å². The second-order valence-electron chi connectivity index (χ2n) is 4.69. The molecular weight excluding hydrogens is 228 g/mol. The third-order valence-electron chi connectivity index (χ3n) is 3.48. The minimum atomic E-state index is 0.389. The minimum Gasteiger partial charge on any atom is -0.312 e. The van der Waals surface area contributed by atoms with E-state index >= 15 is 0 Å². The van der Waals surface area contributed by atoms with E-state index in [1.165, 1.54) is 30.6 Å². The van der Waals surface area contributed by atoms with Gasteiger partial charge >= 0.3 is 0 Å². The Balaban J connectivity index is 1.96. The van der Waals surface area contributed by atoms with E-state index in [2.05, 4.69) is 29.4 Å². The molecule has 2 rings (SSSR count). The van der Waals surface area contributed by atoms with E-state index in [9.17, 15) is 0 Å². The van der Waals surface area contributed by atoms with E-state index in [0.717, 1.165) is 17.4 Å². The van der Waals surface area contributed by atoms with Gasteiger partial charge in [0, 0.05) is 22.4 Å². The molecule has 1 saturated carbocycles. The van der Waals surface area contributed by atoms with Crippen molar-refractivity contribution in [1.82, 2.24) is 10.3 Å². The van der Waals surface area contributed by atoms with Gasteiger partial charge in [-0.15, -0.1) is 11.8 Å². The zero-order valence-corrected chi connectivity index (χ0v) is 11.6. The van der Waals surface area contributed by atoms with E-state index in [-0.39, 0.29) is 0 Å². The third-order valence-corrected chi connectivity index (χ3v) is 4.80. The molecular formula is C14H22N2S. The number of hydrogen-bond acceptors (Lipinski definition) is 3. The van der Waals surface area contributed by atoms with Gasteiger partial charge in [-0.1, -0.05) is 19.8 Å². The van der Waals surface area contributed by atoms with Crippen LogP contribution in [0, 0.1) is 0 Å². The van der Waals surface area contributed by atoms with Crippen LogP contribution in [0.1, 0.15) is 50.8 Å². The highest BCUT2D eigenvalue weighted by molar-refractivity contribution is 8.00. The van der Waals surface area contributed by atoms with Gasteiger partial charge < -0.3 is 5.32 Å². The highest BCUT2D eigenvalue weighted by Gasteiger charge is 2.16. The molecule has 1 heterocycles. The molecule has 0 amide bonds. The van der Waals surface area contributed by atoms with Crippen LogP contribution in [0.2, 0.25) is 0 Å². The molecule has 1 aromatic rings. The van der Waals surface area contributed by atoms with Gasteiger partial charge in [-0.3, -0.25) is 4.98 Å². The van der Waals surface area contributed by atoms with Crippen molar-refractivity contribution in [1.29, 1.82) is 0 Å². The van der Waals surface area contributed by atoms with E-state index in [4.69, 9.17) is 0 Å². The molecule has 0 bridgehead atoms. The number of nitrogens with zero attached hydrogens (tertiary/aromatic N) is 1. The predicted octanol–water partition coefficient (Wildman–Crippen LogP) is 3.79. The molecule has 1 aromatic heterocycles. The van der Waals surface area contributed by atoms with Crippen LogP contribution in [-0.2, 0) is 0 Å². The van der Waals surface area contributed by atoms with Crippen molar-refractivity contribution in [3.8, 4) is 0 Å². The molecule has 0 aliphatic heterocycles. The first-order valence-electron chi connectivity index (χ1n) is 6.63. The van der Waals surface area contributed by atoms with Gasteiger partial charge in [0.25, 0.3) is 0 Å². The summed E-state index contributed by atoms with van der Waals surface area (Å²) in [6.07, 6.45) is 8.68. The number of rotatable bonds is 5. The smallest absolute Gasteiger partial charge is 0.0573 e. The Morgan fingerprint density at radius 2 is 2.18 bits per heavy atom. The van der Waals surface area contributed by atoms with Crippen molar-refractivity contribution < 1.29 is 0 Å². The summed E-state index contributed by atoms with van der Waals surface area (Å²) in [5.41, 5.74) is 1.16. The first-order valence-corrected chi connectivity index (χ1v) is 7.51. The van der Waals surface area contributed by atoms with E-state index in [1.807, 2.05) is 25.0 Å². The Labute approximate surface area is 109 Å². The van der Waals surface area contributed by atoms with Crippen LogP contribution in [0.25, 0.3) is 0 Å². The summed E-state index contributed by atoms with van der Waals surface area (Å²) in [5.74, 6) is 0. The van der Waals surface area contributed by atoms with Gasteiger partial charge in [0.2, 0.25) is 0 Å². The summed E-state index contributed by atoms with van der Waals surface area (Å²) < 4.78 is 0. The van der Waals surface area contributed by atoms with Crippen LogP contribution < -0.4 is 5.32 Å². The average Bonchev–Trinajstić information content (AvgIpc) is 2.86. The molecule has 0 radical (unpaired) electrons. The van der Waals surface area contributed by atoms with Crippen molar-refractivity contribution in [3.05, 3.63) is 24.0 Å². The summed E-state index contributed by atoms with van der Waals surface area (Å²) in [6, 6.07) is 4.79. The van der Waals surface area contributed by atoms with Gasteiger partial charge in [-0.05, 0) is 38.4 Å². The van der Waals surface area contributed by atoms with Crippen LogP contribution in [0.3, 0.4) is 0 Å². The number of thioether (sulfide) groups is 1. The van der Waals surface area contributed by atoms with Gasteiger partial charge in [0.05, 0.1) is 5.69 Å². The molecule has 2 nitrogen and oxygen atoms in total. The first-order chi connectivity index (χ1) is 8.33. The molecule has 1 N–H and O–H groups in total. The van der Waals surface area contributed by atoms with Crippen LogP contribution in [0.15, 0.2) is 23.2 Å². The Kier molecular flexibility index (Phi) is 4.86. The minimum absolute atomic E-state index is 0.389. The molecule has 1 fully saturated rings. The molecule has 1 aliphatic carbocycles. The monoisotopic (exact) mass is 250 g/mol. The van der Waals surface area contributed by atoms with Gasteiger partial charge in [0.15, 0.2) is 0 Å². The first kappa shape index (κ1) is 12.9. The lowest BCUT2D eigenvalue weighted by Gasteiger charge is -2.14. The van der Waals surface area contributed by atoms with Crippen LogP contribution in [-0.4, -0.2) is 17.3 Å². The van der Waals surface area contributed by atoms with Crippen LogP contribution >= 0.6 is 11.8 Å². The van der Waals surface area contributed by atoms with Crippen molar-refractivity contribution >= 4 is 11.8 Å². The summed E-state index contributed by atoms with van der Waals surface area (Å²) in [6.45, 7) is 2.18. The molecule has 0 saturated heterocycles. The molecule has 94 valence electrons. The molecule has 1 aliphatic rings. The number of hydrogen-bond donors (Lipinski definition) is 1. The Bertz CT molecular complexity index is 327. The summed E-state index contributed by atoms with van der Waals surface area (Å²) in [5, 5.41) is 4.12. The van der Waals surface area contributed by atoms with Gasteiger partial charge in [0.1, 0.15) is 0 Å². The lowest BCUT2D eigenvalue weighted by atomic mass is 10.1. The second kappa shape index (κ2) is 6.41. The molecule has 1 unspecified atom stereocenters. The van der Waals surface area contributed by atoms with E-state index in [1.54, 1.807) is 0 Å². The lowest BCUT2D eigenvalue weighted by molar-refractivity contribution is 0.561. The SMILES string of the molecule is CCC(NC)c1ccc(SC2CCCC2)cn1. The van der Waals surface area contributed by atoms with Gasteiger partial charge in [-0.25, -0.2) is 0 Å². The number of nitrogens with one attached hydrogen (secondary N) is 1. The number of aromatic nitrogens is 1. The fourth-order valence-corrected chi connectivity index (χ4v) is 3.64. The van der Waals surface area contributed by atoms with Crippen LogP contribution in [0.4, 0.5) is 0 Å². The fraction of sp³-hybridized carbons (Fsp3) is 0.643. The highest BCUT2D eigenvalue weighted by Crippen LogP contribution is 2.34. The lowest BCUT2D eigenvalue weighted by Crippen LogP contribution is -2.16. The van der Waals surface area contributed by atoms with Gasteiger partial charge in [-0.2, -0.15) is 0 Å². The highest BCUT2D eigenvalue weighted by atomic mass is 32.2. The summed E-state index contributed by atoms with van der Waals surface area (Å²) in [4.78, 5) is 5.90. The van der Waals surface area contributed by atoms with E-state index in [0.29, 0.717) is 6.04 Å². The van der Waals surface area contributed by atoms with Crippen LogP contribution in [0.5, 0.6) is 0 Å². The van der Waals surface area contributed by atoms with Crippen molar-refractivity contribution in [2.45, 2.75) is 55.2 Å². The standard InChI is InChI=1S/C14H22N2S/c1-3-13(15-2)14-9-8-12(10-16-14)17-11-6-4-5-7-11/h8-11,13,15H,3-7H2,1-2H3. The third kappa shape index (κ3) is 3.46.